The molecule has 2 heterocycles. The number of carbonyl (C=O) groups excluding carboxylic acids is 1. The van der Waals surface area contributed by atoms with E-state index in [0.29, 0.717) is 0 Å². The summed E-state index contributed by atoms with van der Waals surface area (Å²) in [4.78, 5) is 16.9. The number of alkyl halides is 6. The maximum Gasteiger partial charge on any atom is 0.416 e. The molecule has 1 aromatic carbocycles. The van der Waals surface area contributed by atoms with Crippen molar-refractivity contribution in [2.75, 3.05) is 13.2 Å². The zero-order chi connectivity index (χ0) is 25.1. The molecule has 184 valence electrons. The number of aromatic nitrogens is 1. The van der Waals surface area contributed by atoms with Crippen LogP contribution in [0.2, 0.25) is 0 Å². The number of hydrogen-bond acceptors (Lipinski definition) is 4. The van der Waals surface area contributed by atoms with Crippen molar-refractivity contribution in [2.45, 2.75) is 44.1 Å². The third-order valence-electron chi connectivity index (χ3n) is 5.54. The molecule has 34 heavy (non-hydrogen) atoms. The van der Waals surface area contributed by atoms with Crippen LogP contribution in [0.25, 0.3) is 5.57 Å². The molecule has 3 N–H and O–H groups in total. The molecule has 0 unspecified atom stereocenters. The van der Waals surface area contributed by atoms with Crippen LogP contribution in [-0.2, 0) is 10.3 Å². The van der Waals surface area contributed by atoms with Crippen molar-refractivity contribution in [3.63, 3.8) is 0 Å². The van der Waals surface area contributed by atoms with Gasteiger partial charge in [0.15, 0.2) is 5.54 Å². The van der Waals surface area contributed by atoms with E-state index in [0.717, 1.165) is 17.7 Å². The van der Waals surface area contributed by atoms with E-state index in [1.165, 1.54) is 24.4 Å². The maximum absolute atomic E-state index is 14.5. The number of rotatable bonds is 7. The summed E-state index contributed by atoms with van der Waals surface area (Å²) in [7, 11) is 0. The molecule has 1 aromatic heterocycles. The normalized spacial score (nSPS) is 19.2. The number of hydrogen-bond donors (Lipinski definition) is 2. The molecule has 3 rings (SSSR count). The minimum Gasteiger partial charge on any atom is -0.494 e. The second-order valence-electron chi connectivity index (χ2n) is 8.01. The number of ether oxygens (including phenoxy) is 1. The Hall–Kier alpha value is -3.08. The molecule has 0 radical (unpaired) electrons. The van der Waals surface area contributed by atoms with Gasteiger partial charge in [-0.05, 0) is 48.2 Å². The van der Waals surface area contributed by atoms with Gasteiger partial charge < -0.3 is 15.8 Å². The minimum atomic E-state index is -4.88. The maximum atomic E-state index is 14.5. The summed E-state index contributed by atoms with van der Waals surface area (Å²) in [5.74, 6) is -0.833. The molecule has 0 saturated heterocycles. The van der Waals surface area contributed by atoms with Gasteiger partial charge in [0.25, 0.3) is 0 Å². The Balaban J connectivity index is 1.92. The number of halogens is 6. The largest absolute Gasteiger partial charge is 0.494 e. The number of benzene rings is 1. The molecule has 2 aromatic rings. The predicted molar refractivity (Wildman–Crippen MR) is 113 cm³/mol. The van der Waals surface area contributed by atoms with Crippen molar-refractivity contribution >= 4 is 11.5 Å². The van der Waals surface area contributed by atoms with Gasteiger partial charge in [-0.25, -0.2) is 0 Å². The first-order chi connectivity index (χ1) is 15.9. The Morgan fingerprint density at radius 2 is 1.76 bits per heavy atom. The molecule has 1 atom stereocenters. The van der Waals surface area contributed by atoms with Crippen LogP contribution in [0.15, 0.2) is 48.2 Å². The Bertz CT molecular complexity index is 1050. The van der Waals surface area contributed by atoms with Gasteiger partial charge in [0.1, 0.15) is 5.75 Å². The lowest BCUT2D eigenvalue weighted by atomic mass is 9.77. The number of nitrogens with zero attached hydrogens (tertiary/aromatic N) is 1. The van der Waals surface area contributed by atoms with Gasteiger partial charge in [-0.2, -0.15) is 26.3 Å². The van der Waals surface area contributed by atoms with Crippen molar-refractivity contribution in [1.82, 2.24) is 10.3 Å². The molecule has 0 saturated carbocycles. The van der Waals surface area contributed by atoms with Gasteiger partial charge in [0.2, 0.25) is 5.91 Å². The second kappa shape index (κ2) is 9.65. The van der Waals surface area contributed by atoms with Gasteiger partial charge >= 0.3 is 12.4 Å². The molecule has 0 bridgehead atoms. The van der Waals surface area contributed by atoms with E-state index in [1.807, 2.05) is 0 Å². The zero-order valence-corrected chi connectivity index (χ0v) is 18.2. The molecule has 1 aliphatic heterocycles. The molecule has 1 amide bonds. The molecule has 5 nitrogen and oxygen atoms in total. The number of nitrogens with one attached hydrogen (secondary N) is 1. The Kier molecular flexibility index (Phi) is 7.25. The van der Waals surface area contributed by atoms with E-state index in [-0.39, 0.29) is 47.7 Å². The molecule has 0 fully saturated rings. The standard InChI is InChI=1S/C23H23F6N3O2/c1-14-3-8-19(31-13-14)17-11-21(23(27,28)29,32-20(33)18(17)12-30)15-4-6-16(7-5-15)34-10-2-9-22(24,25)26/h3-8,13H,2,9-12,30H2,1H3,(H,32,33)/t21-/m0/s1. The van der Waals surface area contributed by atoms with Crippen LogP contribution < -0.4 is 15.8 Å². The minimum absolute atomic E-state index is 0.0147. The fourth-order valence-corrected chi connectivity index (χ4v) is 3.74. The molecule has 0 spiro atoms. The van der Waals surface area contributed by atoms with Gasteiger partial charge in [-0.1, -0.05) is 18.2 Å². The highest BCUT2D eigenvalue weighted by Gasteiger charge is 2.59. The lowest BCUT2D eigenvalue weighted by Crippen LogP contribution is -2.59. The summed E-state index contributed by atoms with van der Waals surface area (Å²) >= 11 is 0. The van der Waals surface area contributed by atoms with Gasteiger partial charge in [0, 0.05) is 31.2 Å². The smallest absolute Gasteiger partial charge is 0.416 e. The third kappa shape index (κ3) is 5.52. The first-order valence-electron chi connectivity index (χ1n) is 10.4. The second-order valence-corrected chi connectivity index (χ2v) is 8.01. The van der Waals surface area contributed by atoms with Crippen molar-refractivity contribution in [1.29, 1.82) is 0 Å². The Morgan fingerprint density at radius 3 is 2.29 bits per heavy atom. The lowest BCUT2D eigenvalue weighted by molar-refractivity contribution is -0.201. The van der Waals surface area contributed by atoms with E-state index >= 15 is 0 Å². The summed E-state index contributed by atoms with van der Waals surface area (Å²) in [6, 6.07) is 7.96. The van der Waals surface area contributed by atoms with Gasteiger partial charge in [-0.15, -0.1) is 0 Å². The van der Waals surface area contributed by atoms with E-state index in [4.69, 9.17) is 10.5 Å². The van der Waals surface area contributed by atoms with Crippen LogP contribution >= 0.6 is 0 Å². The number of amides is 1. The van der Waals surface area contributed by atoms with E-state index in [2.05, 4.69) is 10.3 Å². The molecule has 11 heteroatoms. The van der Waals surface area contributed by atoms with Crippen LogP contribution in [0.4, 0.5) is 26.3 Å². The van der Waals surface area contributed by atoms with E-state index in [9.17, 15) is 31.1 Å². The molecule has 0 aliphatic carbocycles. The number of nitrogens with two attached hydrogens (primary N) is 1. The summed E-state index contributed by atoms with van der Waals surface area (Å²) in [5, 5.41) is 2.09. The molecular weight excluding hydrogens is 464 g/mol. The summed E-state index contributed by atoms with van der Waals surface area (Å²) < 4.78 is 85.4. The predicted octanol–water partition coefficient (Wildman–Crippen LogP) is 4.80. The summed E-state index contributed by atoms with van der Waals surface area (Å²) in [6.07, 6.45) is -9.65. The third-order valence-corrected chi connectivity index (χ3v) is 5.54. The van der Waals surface area contributed by atoms with Crippen molar-refractivity contribution in [3.8, 4) is 5.75 Å². The Labute approximate surface area is 192 Å². The van der Waals surface area contributed by atoms with Crippen LogP contribution in [0, 0.1) is 6.92 Å². The Morgan fingerprint density at radius 1 is 1.09 bits per heavy atom. The zero-order valence-electron chi connectivity index (χ0n) is 18.2. The topological polar surface area (TPSA) is 77.2 Å². The number of aryl methyl sites for hydroxylation is 1. The van der Waals surface area contributed by atoms with Gasteiger partial charge in [0.05, 0.1) is 12.3 Å². The van der Waals surface area contributed by atoms with Gasteiger partial charge in [-0.3, -0.25) is 9.78 Å². The van der Waals surface area contributed by atoms with Crippen molar-refractivity contribution < 1.29 is 35.9 Å². The monoisotopic (exact) mass is 487 g/mol. The average Bonchev–Trinajstić information content (AvgIpc) is 2.75. The van der Waals surface area contributed by atoms with Crippen molar-refractivity contribution in [2.24, 2.45) is 5.73 Å². The quantitative estimate of drug-likeness (QED) is 0.435. The summed E-state index contributed by atoms with van der Waals surface area (Å²) in [6.45, 7) is 1.26. The van der Waals surface area contributed by atoms with Crippen LogP contribution in [0.3, 0.4) is 0 Å². The van der Waals surface area contributed by atoms with E-state index in [1.54, 1.807) is 13.0 Å². The highest BCUT2D eigenvalue weighted by molar-refractivity contribution is 6.04. The number of pyridine rings is 1. The number of carbonyl (C=O) groups is 1. The average molecular weight is 487 g/mol. The van der Waals surface area contributed by atoms with E-state index < -0.39 is 36.6 Å². The first-order valence-corrected chi connectivity index (χ1v) is 10.4. The fraction of sp³-hybridized carbons (Fsp3) is 0.391. The van der Waals surface area contributed by atoms with Crippen LogP contribution in [-0.4, -0.2) is 36.4 Å². The van der Waals surface area contributed by atoms with Crippen molar-refractivity contribution in [3.05, 3.63) is 65.0 Å². The highest BCUT2D eigenvalue weighted by Crippen LogP contribution is 2.48. The summed E-state index contributed by atoms with van der Waals surface area (Å²) in [5.41, 5.74) is 3.80. The van der Waals surface area contributed by atoms with Crippen LogP contribution in [0.5, 0.6) is 5.75 Å². The first kappa shape index (κ1) is 25.5. The highest BCUT2D eigenvalue weighted by atomic mass is 19.4. The SMILES string of the molecule is Cc1ccc(C2=C(CN)C(=O)N[C@@](c3ccc(OCCCC(F)(F)F)cc3)(C(F)(F)F)C2)nc1. The molecule has 1 aliphatic rings. The van der Waals surface area contributed by atoms with Crippen LogP contribution in [0.1, 0.15) is 36.1 Å². The lowest BCUT2D eigenvalue weighted by Gasteiger charge is -2.41. The molecular formula is C23H23F6N3O2. The fourth-order valence-electron chi connectivity index (χ4n) is 3.74.